The molecule has 1 nitrogen and oxygen atoms in total. The van der Waals surface area contributed by atoms with E-state index in [4.69, 9.17) is 0 Å². The molecule has 1 aromatic carbocycles. The average molecular weight is 249 g/mol. The SMILES string of the molecule is C1=CCCC(C2=C(Nc3ccccc3)C=CCC2)=C1. The lowest BCUT2D eigenvalue weighted by Gasteiger charge is -2.21. The lowest BCUT2D eigenvalue weighted by molar-refractivity contribution is 0.885. The molecule has 0 fully saturated rings. The molecule has 0 aliphatic heterocycles. The first-order valence-corrected chi connectivity index (χ1v) is 7.01. The predicted octanol–water partition coefficient (Wildman–Crippen LogP) is 4.98. The van der Waals surface area contributed by atoms with Crippen LogP contribution in [-0.4, -0.2) is 0 Å². The third kappa shape index (κ3) is 2.87. The maximum absolute atomic E-state index is 3.56. The van der Waals surface area contributed by atoms with Gasteiger partial charge in [0.2, 0.25) is 0 Å². The van der Waals surface area contributed by atoms with Gasteiger partial charge in [-0.2, -0.15) is 0 Å². The molecule has 1 aromatic rings. The number of para-hydroxylation sites is 1. The molecule has 0 unspecified atom stereocenters. The van der Waals surface area contributed by atoms with Gasteiger partial charge in [0.1, 0.15) is 0 Å². The number of hydrogen-bond acceptors (Lipinski definition) is 1. The van der Waals surface area contributed by atoms with E-state index in [1.165, 1.54) is 23.3 Å². The van der Waals surface area contributed by atoms with Gasteiger partial charge in [0, 0.05) is 11.4 Å². The van der Waals surface area contributed by atoms with Crippen molar-refractivity contribution in [2.45, 2.75) is 25.7 Å². The molecule has 1 N–H and O–H groups in total. The molecule has 0 atom stereocenters. The van der Waals surface area contributed by atoms with Gasteiger partial charge in [-0.3, -0.25) is 0 Å². The van der Waals surface area contributed by atoms with E-state index in [1.807, 2.05) is 6.07 Å². The van der Waals surface area contributed by atoms with Crippen LogP contribution in [0.15, 0.2) is 77.6 Å². The highest BCUT2D eigenvalue weighted by Gasteiger charge is 2.13. The van der Waals surface area contributed by atoms with Gasteiger partial charge in [0.05, 0.1) is 0 Å². The molecular weight excluding hydrogens is 230 g/mol. The minimum atomic E-state index is 1.14. The van der Waals surface area contributed by atoms with Gasteiger partial charge in [0.25, 0.3) is 0 Å². The summed E-state index contributed by atoms with van der Waals surface area (Å²) in [6.45, 7) is 0. The van der Waals surface area contributed by atoms with Gasteiger partial charge < -0.3 is 5.32 Å². The van der Waals surface area contributed by atoms with Crippen molar-refractivity contribution in [2.75, 3.05) is 5.32 Å². The van der Waals surface area contributed by atoms with Crippen LogP contribution >= 0.6 is 0 Å². The van der Waals surface area contributed by atoms with E-state index in [9.17, 15) is 0 Å². The lowest BCUT2D eigenvalue weighted by Crippen LogP contribution is -2.07. The van der Waals surface area contributed by atoms with Gasteiger partial charge in [-0.05, 0) is 55.0 Å². The van der Waals surface area contributed by atoms with Crippen LogP contribution in [0.2, 0.25) is 0 Å². The van der Waals surface area contributed by atoms with Crippen LogP contribution in [0.5, 0.6) is 0 Å². The summed E-state index contributed by atoms with van der Waals surface area (Å²) < 4.78 is 0. The summed E-state index contributed by atoms with van der Waals surface area (Å²) in [4.78, 5) is 0. The Morgan fingerprint density at radius 3 is 2.53 bits per heavy atom. The topological polar surface area (TPSA) is 12.0 Å². The second kappa shape index (κ2) is 5.75. The summed E-state index contributed by atoms with van der Waals surface area (Å²) >= 11 is 0. The molecule has 0 heterocycles. The second-order valence-corrected chi connectivity index (χ2v) is 4.98. The minimum Gasteiger partial charge on any atom is -0.355 e. The fraction of sp³-hybridized carbons (Fsp3) is 0.222. The molecule has 0 aromatic heterocycles. The van der Waals surface area contributed by atoms with E-state index in [-0.39, 0.29) is 0 Å². The van der Waals surface area contributed by atoms with Crippen molar-refractivity contribution in [3.63, 3.8) is 0 Å². The Kier molecular flexibility index (Phi) is 3.64. The number of benzene rings is 1. The van der Waals surface area contributed by atoms with E-state index < -0.39 is 0 Å². The summed E-state index contributed by atoms with van der Waals surface area (Å²) in [7, 11) is 0. The van der Waals surface area contributed by atoms with E-state index in [0.717, 1.165) is 24.9 Å². The van der Waals surface area contributed by atoms with Crippen LogP contribution in [0.3, 0.4) is 0 Å². The second-order valence-electron chi connectivity index (χ2n) is 4.98. The van der Waals surface area contributed by atoms with Gasteiger partial charge in [0.15, 0.2) is 0 Å². The smallest absolute Gasteiger partial charge is 0.0416 e. The fourth-order valence-corrected chi connectivity index (χ4v) is 2.65. The highest BCUT2D eigenvalue weighted by molar-refractivity contribution is 5.56. The van der Waals surface area contributed by atoms with Gasteiger partial charge >= 0.3 is 0 Å². The van der Waals surface area contributed by atoms with Crippen LogP contribution in [0, 0.1) is 0 Å². The number of rotatable bonds is 3. The first-order valence-electron chi connectivity index (χ1n) is 7.01. The van der Waals surface area contributed by atoms with Crippen molar-refractivity contribution >= 4 is 5.69 Å². The highest BCUT2D eigenvalue weighted by atomic mass is 14.9. The third-order valence-electron chi connectivity index (χ3n) is 3.62. The zero-order valence-electron chi connectivity index (χ0n) is 11.1. The Bertz CT molecular complexity index is 559. The lowest BCUT2D eigenvalue weighted by atomic mass is 9.90. The normalized spacial score (nSPS) is 18.4. The Morgan fingerprint density at radius 2 is 1.74 bits per heavy atom. The largest absolute Gasteiger partial charge is 0.355 e. The zero-order valence-corrected chi connectivity index (χ0v) is 11.1. The minimum absolute atomic E-state index is 1.14. The van der Waals surface area contributed by atoms with Gasteiger partial charge in [-0.25, -0.2) is 0 Å². The molecule has 2 aliphatic rings. The number of anilines is 1. The number of hydrogen-bond donors (Lipinski definition) is 1. The molecule has 0 spiro atoms. The predicted molar refractivity (Wildman–Crippen MR) is 81.9 cm³/mol. The third-order valence-corrected chi connectivity index (χ3v) is 3.62. The Labute approximate surface area is 115 Å². The van der Waals surface area contributed by atoms with Gasteiger partial charge in [-0.1, -0.05) is 42.5 Å². The van der Waals surface area contributed by atoms with Crippen molar-refractivity contribution in [1.29, 1.82) is 0 Å². The van der Waals surface area contributed by atoms with Crippen molar-refractivity contribution in [2.24, 2.45) is 0 Å². The van der Waals surface area contributed by atoms with E-state index >= 15 is 0 Å². The molecule has 96 valence electrons. The standard InChI is InChI=1S/C18H19N/c1-3-9-15(10-4-1)17-13-7-8-14-18(17)19-16-11-5-2-6-12-16/h1-3,5-6,8-9,11-12,14,19H,4,7,10,13H2. The van der Waals surface area contributed by atoms with E-state index in [2.05, 4.69) is 60.0 Å². The van der Waals surface area contributed by atoms with Crippen molar-refractivity contribution in [3.8, 4) is 0 Å². The molecule has 0 saturated heterocycles. The summed E-state index contributed by atoms with van der Waals surface area (Å²) in [5, 5.41) is 3.56. The number of nitrogens with one attached hydrogen (secondary N) is 1. The average Bonchev–Trinajstić information content (AvgIpc) is 2.50. The maximum Gasteiger partial charge on any atom is 0.0416 e. The van der Waals surface area contributed by atoms with Crippen molar-refractivity contribution < 1.29 is 0 Å². The van der Waals surface area contributed by atoms with E-state index in [1.54, 1.807) is 0 Å². The Morgan fingerprint density at radius 1 is 0.895 bits per heavy atom. The van der Waals surface area contributed by atoms with Crippen molar-refractivity contribution in [1.82, 2.24) is 0 Å². The first-order chi connectivity index (χ1) is 9.43. The monoisotopic (exact) mass is 249 g/mol. The fourth-order valence-electron chi connectivity index (χ4n) is 2.65. The molecule has 0 amide bonds. The molecule has 0 saturated carbocycles. The molecule has 1 heteroatoms. The van der Waals surface area contributed by atoms with Crippen LogP contribution in [0.4, 0.5) is 5.69 Å². The molecular formula is C18H19N. The van der Waals surface area contributed by atoms with Gasteiger partial charge in [-0.15, -0.1) is 0 Å². The Hall–Kier alpha value is -2.02. The molecule has 2 aliphatic carbocycles. The summed E-state index contributed by atoms with van der Waals surface area (Å²) in [5.41, 5.74) is 5.40. The van der Waals surface area contributed by atoms with Crippen LogP contribution in [-0.2, 0) is 0 Å². The van der Waals surface area contributed by atoms with E-state index in [0.29, 0.717) is 0 Å². The molecule has 0 radical (unpaired) electrons. The summed E-state index contributed by atoms with van der Waals surface area (Å²) in [6.07, 6.45) is 15.8. The number of allylic oxidation sites excluding steroid dienone is 7. The molecule has 0 bridgehead atoms. The zero-order chi connectivity index (χ0) is 12.9. The van der Waals surface area contributed by atoms with Crippen LogP contribution in [0.25, 0.3) is 0 Å². The van der Waals surface area contributed by atoms with Crippen LogP contribution < -0.4 is 5.32 Å². The molecule has 19 heavy (non-hydrogen) atoms. The highest BCUT2D eigenvalue weighted by Crippen LogP contribution is 2.30. The van der Waals surface area contributed by atoms with Crippen molar-refractivity contribution in [3.05, 3.63) is 77.6 Å². The quantitative estimate of drug-likeness (QED) is 0.796. The summed E-state index contributed by atoms with van der Waals surface area (Å²) in [6, 6.07) is 10.4. The summed E-state index contributed by atoms with van der Waals surface area (Å²) in [5.74, 6) is 0. The molecule has 3 rings (SSSR count). The van der Waals surface area contributed by atoms with Crippen LogP contribution in [0.1, 0.15) is 25.7 Å². The maximum atomic E-state index is 3.56. The first kappa shape index (κ1) is 12.0. The Balaban J connectivity index is 1.90.